The number of nitrogens with zero attached hydrogens (tertiary/aromatic N) is 1. The average Bonchev–Trinajstić information content (AvgIpc) is 2.43. The largest absolute Gasteiger partial charge is 0.389 e. The van der Waals surface area contributed by atoms with Gasteiger partial charge in [-0.2, -0.15) is 13.2 Å². The second-order valence-corrected chi connectivity index (χ2v) is 5.53. The summed E-state index contributed by atoms with van der Waals surface area (Å²) in [5.74, 6) is -0.485. The lowest BCUT2D eigenvalue weighted by molar-refractivity contribution is -0.138. The van der Waals surface area contributed by atoms with Crippen LogP contribution in [-0.2, 0) is 0 Å². The first-order valence-corrected chi connectivity index (χ1v) is 7.21. The molecule has 0 amide bonds. The van der Waals surface area contributed by atoms with E-state index >= 15 is 0 Å². The van der Waals surface area contributed by atoms with Crippen molar-refractivity contribution in [3.63, 3.8) is 0 Å². The second-order valence-electron chi connectivity index (χ2n) is 5.12. The van der Waals surface area contributed by atoms with Crippen molar-refractivity contribution >= 4 is 24.0 Å². The summed E-state index contributed by atoms with van der Waals surface area (Å²) in [4.78, 5) is 1.93. The van der Waals surface area contributed by atoms with Crippen molar-refractivity contribution in [3.8, 4) is 0 Å². The monoisotopic (exact) mass is 360 g/mol. The Labute approximate surface area is 138 Å². The zero-order valence-electron chi connectivity index (χ0n) is 11.8. The Morgan fingerprint density at radius 3 is 2.45 bits per heavy atom. The van der Waals surface area contributed by atoms with Crippen molar-refractivity contribution in [2.45, 2.75) is 25.1 Å². The molecule has 0 bridgehead atoms. The normalized spacial score (nSPS) is 17.9. The molecule has 1 N–H and O–H groups in total. The number of piperazine rings is 1. The van der Waals surface area contributed by atoms with Crippen LogP contribution in [0.15, 0.2) is 18.2 Å². The van der Waals surface area contributed by atoms with Gasteiger partial charge in [0.15, 0.2) is 0 Å². The molecule has 0 saturated carbocycles. The number of rotatable bonds is 4. The van der Waals surface area contributed by atoms with Crippen LogP contribution in [-0.4, -0.2) is 37.3 Å². The molecule has 1 fully saturated rings. The van der Waals surface area contributed by atoms with Crippen LogP contribution in [0.5, 0.6) is 0 Å². The molecule has 1 atom stereocenters. The van der Waals surface area contributed by atoms with Gasteiger partial charge in [-0.15, -0.1) is 12.4 Å². The molecule has 0 radical (unpaired) electrons. The van der Waals surface area contributed by atoms with E-state index in [0.717, 1.165) is 0 Å². The predicted molar refractivity (Wildman–Crippen MR) is 81.1 cm³/mol. The minimum atomic E-state index is -4.23. The van der Waals surface area contributed by atoms with Gasteiger partial charge in [-0.1, -0.05) is 11.6 Å². The Bertz CT molecular complexity index is 476. The first kappa shape index (κ1) is 19.5. The summed E-state index contributed by atoms with van der Waals surface area (Å²) in [6.45, 7) is 2.65. The number of nitrogens with one attached hydrogen (secondary N) is 1. The van der Waals surface area contributed by atoms with Crippen LogP contribution < -0.4 is 5.32 Å². The van der Waals surface area contributed by atoms with Gasteiger partial charge in [0, 0.05) is 43.7 Å². The van der Waals surface area contributed by atoms with Gasteiger partial charge in [-0.25, -0.2) is 4.39 Å². The first-order chi connectivity index (χ1) is 9.87. The van der Waals surface area contributed by atoms with Gasteiger partial charge >= 0.3 is 6.18 Å². The summed E-state index contributed by atoms with van der Waals surface area (Å²) in [7, 11) is 0. The third-order valence-corrected chi connectivity index (χ3v) is 3.95. The molecule has 2 nitrogen and oxygen atoms in total. The number of halogens is 6. The van der Waals surface area contributed by atoms with E-state index in [1.807, 2.05) is 4.90 Å². The molecule has 0 unspecified atom stereocenters. The van der Waals surface area contributed by atoms with E-state index < -0.39 is 24.5 Å². The third kappa shape index (κ3) is 5.57. The van der Waals surface area contributed by atoms with Gasteiger partial charge in [-0.05, 0) is 30.2 Å². The maximum atomic E-state index is 13.4. The highest BCUT2D eigenvalue weighted by Crippen LogP contribution is 2.35. The Kier molecular flexibility index (Phi) is 7.38. The van der Waals surface area contributed by atoms with Crippen LogP contribution in [0.25, 0.3) is 0 Å². The van der Waals surface area contributed by atoms with E-state index in [-0.39, 0.29) is 18.8 Å². The molecule has 0 aromatic heterocycles. The highest BCUT2D eigenvalue weighted by atomic mass is 35.5. The predicted octanol–water partition coefficient (Wildman–Crippen LogP) is 4.19. The first-order valence-electron chi connectivity index (χ1n) is 6.83. The molecule has 1 aliphatic rings. The van der Waals surface area contributed by atoms with Crippen LogP contribution in [0, 0.1) is 5.82 Å². The van der Waals surface area contributed by atoms with Crippen LogP contribution >= 0.6 is 24.0 Å². The van der Waals surface area contributed by atoms with Gasteiger partial charge in [-0.3, -0.25) is 4.90 Å². The van der Waals surface area contributed by atoms with E-state index in [1.165, 1.54) is 18.2 Å². The van der Waals surface area contributed by atoms with Crippen LogP contribution in [0.2, 0.25) is 5.02 Å². The van der Waals surface area contributed by atoms with E-state index in [4.69, 9.17) is 11.6 Å². The Balaban J connectivity index is 0.00000242. The molecule has 22 heavy (non-hydrogen) atoms. The zero-order valence-corrected chi connectivity index (χ0v) is 13.4. The summed E-state index contributed by atoms with van der Waals surface area (Å²) in [5.41, 5.74) is 0.433. The highest BCUT2D eigenvalue weighted by Gasteiger charge is 2.32. The molecule has 8 heteroatoms. The maximum absolute atomic E-state index is 13.4. The van der Waals surface area contributed by atoms with Crippen LogP contribution in [0.3, 0.4) is 0 Å². The summed E-state index contributed by atoms with van der Waals surface area (Å²) in [6.07, 6.45) is -5.26. The van der Waals surface area contributed by atoms with Crippen molar-refractivity contribution in [1.29, 1.82) is 0 Å². The highest BCUT2D eigenvalue weighted by molar-refractivity contribution is 6.31. The van der Waals surface area contributed by atoms with E-state index in [1.54, 1.807) is 0 Å². The topological polar surface area (TPSA) is 15.3 Å². The fraction of sp³-hybridized carbons (Fsp3) is 0.571. The van der Waals surface area contributed by atoms with Gasteiger partial charge < -0.3 is 5.32 Å². The summed E-state index contributed by atoms with van der Waals surface area (Å²) in [5, 5.41) is 3.46. The Morgan fingerprint density at radius 1 is 1.23 bits per heavy atom. The molecule has 2 rings (SSSR count). The van der Waals surface area contributed by atoms with E-state index in [2.05, 4.69) is 5.32 Å². The number of alkyl halides is 3. The lowest BCUT2D eigenvalue weighted by Gasteiger charge is -2.36. The van der Waals surface area contributed by atoms with Gasteiger partial charge in [0.05, 0.1) is 0 Å². The fourth-order valence-corrected chi connectivity index (χ4v) is 2.84. The van der Waals surface area contributed by atoms with Gasteiger partial charge in [0.1, 0.15) is 5.82 Å². The number of benzene rings is 1. The standard InChI is InChI=1S/C14H17ClF4N2.ClH/c15-12-2-1-10(16)9-11(12)13(3-4-14(17,18)19)21-7-5-20-6-8-21;/h1-2,9,13,20H,3-8H2;1H/t13-;/m1./s1. The molecule has 1 saturated heterocycles. The van der Waals surface area contributed by atoms with Crippen LogP contribution in [0.4, 0.5) is 17.6 Å². The molecule has 0 spiro atoms. The summed E-state index contributed by atoms with van der Waals surface area (Å²) < 4.78 is 51.1. The van der Waals surface area contributed by atoms with Crippen molar-refractivity contribution in [3.05, 3.63) is 34.6 Å². The van der Waals surface area contributed by atoms with Crippen molar-refractivity contribution in [2.75, 3.05) is 26.2 Å². The lowest BCUT2D eigenvalue weighted by atomic mass is 9.99. The molecule has 126 valence electrons. The molecule has 1 aromatic rings. The quantitative estimate of drug-likeness (QED) is 0.809. The minimum Gasteiger partial charge on any atom is -0.314 e. The van der Waals surface area contributed by atoms with Gasteiger partial charge in [0.2, 0.25) is 0 Å². The minimum absolute atomic E-state index is 0. The SMILES string of the molecule is Cl.Fc1ccc(Cl)c([C@@H](CCC(F)(F)F)N2CCNCC2)c1. The summed E-state index contributed by atoms with van der Waals surface area (Å²) in [6, 6.07) is 3.34. The fourth-order valence-electron chi connectivity index (χ4n) is 2.60. The van der Waals surface area contributed by atoms with Crippen molar-refractivity contribution in [2.24, 2.45) is 0 Å². The zero-order chi connectivity index (χ0) is 15.5. The molecule has 1 aliphatic heterocycles. The molecule has 0 aliphatic carbocycles. The van der Waals surface area contributed by atoms with Crippen LogP contribution in [0.1, 0.15) is 24.4 Å². The Morgan fingerprint density at radius 2 is 1.86 bits per heavy atom. The van der Waals surface area contributed by atoms with E-state index in [9.17, 15) is 17.6 Å². The smallest absolute Gasteiger partial charge is 0.314 e. The number of hydrogen-bond acceptors (Lipinski definition) is 2. The molecule has 1 heterocycles. The van der Waals surface area contributed by atoms with E-state index in [0.29, 0.717) is 36.8 Å². The number of hydrogen-bond donors (Lipinski definition) is 1. The lowest BCUT2D eigenvalue weighted by Crippen LogP contribution is -2.45. The second kappa shape index (κ2) is 8.34. The third-order valence-electron chi connectivity index (χ3n) is 3.61. The average molecular weight is 361 g/mol. The molecular formula is C14H18Cl2F4N2. The molecule has 1 aromatic carbocycles. The summed E-state index contributed by atoms with van der Waals surface area (Å²) >= 11 is 6.07. The van der Waals surface area contributed by atoms with Crippen molar-refractivity contribution in [1.82, 2.24) is 10.2 Å². The van der Waals surface area contributed by atoms with Gasteiger partial charge in [0.25, 0.3) is 0 Å². The maximum Gasteiger partial charge on any atom is 0.389 e. The van der Waals surface area contributed by atoms with Crippen molar-refractivity contribution < 1.29 is 17.6 Å². The Hall–Kier alpha value is -0.560. The molecular weight excluding hydrogens is 343 g/mol.